The van der Waals surface area contributed by atoms with E-state index in [-0.39, 0.29) is 18.4 Å². The topological polar surface area (TPSA) is 71.1 Å². The summed E-state index contributed by atoms with van der Waals surface area (Å²) in [4.78, 5) is 28.4. The molecular weight excluding hydrogens is 322 g/mol. The number of aromatic nitrogens is 1. The van der Waals surface area contributed by atoms with Crippen molar-refractivity contribution in [3.8, 4) is 0 Å². The van der Waals surface area contributed by atoms with E-state index in [0.717, 1.165) is 20.8 Å². The van der Waals surface area contributed by atoms with E-state index in [1.54, 1.807) is 23.5 Å². The van der Waals surface area contributed by atoms with Crippen LogP contribution in [0.1, 0.15) is 20.9 Å². The van der Waals surface area contributed by atoms with Crippen LogP contribution in [0.15, 0.2) is 42.5 Å². The van der Waals surface area contributed by atoms with E-state index in [9.17, 15) is 9.59 Å². The zero-order chi connectivity index (χ0) is 17.1. The fourth-order valence-corrected chi connectivity index (χ4v) is 3.24. The number of nitrogens with one attached hydrogen (secondary N) is 2. The number of carbonyl (C=O) groups excluding carboxylic acids is 2. The maximum atomic E-state index is 12.0. The first-order valence-electron chi connectivity index (χ1n) is 7.53. The number of anilines is 1. The number of hydrogen-bond acceptors (Lipinski definition) is 4. The Morgan fingerprint density at radius 3 is 2.75 bits per heavy atom. The molecule has 0 unspecified atom stereocenters. The number of thiazole rings is 1. The summed E-state index contributed by atoms with van der Waals surface area (Å²) < 4.78 is 1.02. The summed E-state index contributed by atoms with van der Waals surface area (Å²) in [5.74, 6) is -0.529. The SMILES string of the molecule is Cc1cccc(C(=O)NCC(=O)Nc2ccc3nc(C)sc3c2)c1. The van der Waals surface area contributed by atoms with Gasteiger partial charge in [0, 0.05) is 11.3 Å². The van der Waals surface area contributed by atoms with Gasteiger partial charge < -0.3 is 10.6 Å². The predicted octanol–water partition coefficient (Wildman–Crippen LogP) is 3.28. The molecule has 6 heteroatoms. The molecule has 2 aromatic carbocycles. The van der Waals surface area contributed by atoms with E-state index in [0.29, 0.717) is 11.3 Å². The second-order valence-electron chi connectivity index (χ2n) is 5.52. The molecule has 0 saturated heterocycles. The van der Waals surface area contributed by atoms with Crippen LogP contribution in [0.3, 0.4) is 0 Å². The Bertz CT molecular complexity index is 918. The number of aryl methyl sites for hydroxylation is 2. The van der Waals surface area contributed by atoms with Crippen LogP contribution in [0.5, 0.6) is 0 Å². The van der Waals surface area contributed by atoms with Crippen molar-refractivity contribution < 1.29 is 9.59 Å². The molecule has 1 aromatic heterocycles. The molecule has 5 nitrogen and oxygen atoms in total. The number of nitrogens with zero attached hydrogens (tertiary/aromatic N) is 1. The van der Waals surface area contributed by atoms with Crippen molar-refractivity contribution in [3.63, 3.8) is 0 Å². The highest BCUT2D eigenvalue weighted by Crippen LogP contribution is 2.24. The average Bonchev–Trinajstić information content (AvgIpc) is 2.92. The van der Waals surface area contributed by atoms with Crippen LogP contribution >= 0.6 is 11.3 Å². The van der Waals surface area contributed by atoms with Crippen molar-refractivity contribution in [3.05, 3.63) is 58.6 Å². The van der Waals surface area contributed by atoms with Crippen LogP contribution in [0.25, 0.3) is 10.2 Å². The van der Waals surface area contributed by atoms with Crippen LogP contribution in [0.2, 0.25) is 0 Å². The van der Waals surface area contributed by atoms with Gasteiger partial charge in [0.15, 0.2) is 0 Å². The minimum atomic E-state index is -0.267. The molecule has 0 fully saturated rings. The lowest BCUT2D eigenvalue weighted by atomic mass is 10.1. The van der Waals surface area contributed by atoms with Crippen LogP contribution in [-0.2, 0) is 4.79 Å². The first-order chi connectivity index (χ1) is 11.5. The largest absolute Gasteiger partial charge is 0.343 e. The number of rotatable bonds is 4. The Balaban J connectivity index is 1.59. The van der Waals surface area contributed by atoms with Crippen molar-refractivity contribution in [2.75, 3.05) is 11.9 Å². The van der Waals surface area contributed by atoms with Gasteiger partial charge in [-0.15, -0.1) is 11.3 Å². The standard InChI is InChI=1S/C18H17N3O2S/c1-11-4-3-5-13(8-11)18(23)19-10-17(22)21-14-6-7-15-16(9-14)24-12(2)20-15/h3-9H,10H2,1-2H3,(H,19,23)(H,21,22). The summed E-state index contributed by atoms with van der Waals surface area (Å²) in [5.41, 5.74) is 3.16. The van der Waals surface area contributed by atoms with Gasteiger partial charge in [-0.05, 0) is 44.2 Å². The molecule has 0 atom stereocenters. The first-order valence-corrected chi connectivity index (χ1v) is 8.35. The Labute approximate surface area is 143 Å². The average molecular weight is 339 g/mol. The van der Waals surface area contributed by atoms with Crippen molar-refractivity contribution in [2.45, 2.75) is 13.8 Å². The lowest BCUT2D eigenvalue weighted by molar-refractivity contribution is -0.115. The molecule has 122 valence electrons. The molecular formula is C18H17N3O2S. The van der Waals surface area contributed by atoms with Crippen LogP contribution in [-0.4, -0.2) is 23.3 Å². The third kappa shape index (κ3) is 3.78. The molecule has 1 heterocycles. The summed E-state index contributed by atoms with van der Waals surface area (Å²) in [7, 11) is 0. The third-order valence-electron chi connectivity index (χ3n) is 3.47. The number of carbonyl (C=O) groups is 2. The summed E-state index contributed by atoms with van der Waals surface area (Å²) in [6, 6.07) is 12.8. The van der Waals surface area contributed by atoms with E-state index in [1.165, 1.54) is 0 Å². The lowest BCUT2D eigenvalue weighted by Gasteiger charge is -2.07. The fraction of sp³-hybridized carbons (Fsp3) is 0.167. The van der Waals surface area contributed by atoms with Gasteiger partial charge in [-0.3, -0.25) is 9.59 Å². The van der Waals surface area contributed by atoms with E-state index in [1.807, 2.05) is 44.2 Å². The lowest BCUT2D eigenvalue weighted by Crippen LogP contribution is -2.32. The van der Waals surface area contributed by atoms with Crippen LogP contribution in [0.4, 0.5) is 5.69 Å². The normalized spacial score (nSPS) is 10.6. The van der Waals surface area contributed by atoms with Gasteiger partial charge in [-0.2, -0.15) is 0 Å². The minimum Gasteiger partial charge on any atom is -0.343 e. The smallest absolute Gasteiger partial charge is 0.251 e. The fourth-order valence-electron chi connectivity index (χ4n) is 2.37. The second kappa shape index (κ2) is 6.80. The van der Waals surface area contributed by atoms with Gasteiger partial charge >= 0.3 is 0 Å². The molecule has 0 bridgehead atoms. The molecule has 3 rings (SSSR count). The monoisotopic (exact) mass is 339 g/mol. The van der Waals surface area contributed by atoms with Gasteiger partial charge in [-0.1, -0.05) is 17.7 Å². The van der Waals surface area contributed by atoms with Crippen molar-refractivity contribution in [2.24, 2.45) is 0 Å². The maximum absolute atomic E-state index is 12.0. The van der Waals surface area contributed by atoms with Gasteiger partial charge in [-0.25, -0.2) is 4.98 Å². The minimum absolute atomic E-state index is 0.0769. The first kappa shape index (κ1) is 16.1. The zero-order valence-electron chi connectivity index (χ0n) is 13.4. The Kier molecular flexibility index (Phi) is 4.57. The van der Waals surface area contributed by atoms with Gasteiger partial charge in [0.1, 0.15) is 0 Å². The Hall–Kier alpha value is -2.73. The molecule has 0 aliphatic heterocycles. The quantitative estimate of drug-likeness (QED) is 0.766. The summed E-state index contributed by atoms with van der Waals surface area (Å²) in [6.45, 7) is 3.79. The van der Waals surface area contributed by atoms with E-state index in [4.69, 9.17) is 0 Å². The van der Waals surface area contributed by atoms with Crippen molar-refractivity contribution in [1.82, 2.24) is 10.3 Å². The van der Waals surface area contributed by atoms with E-state index < -0.39 is 0 Å². The molecule has 0 radical (unpaired) electrons. The maximum Gasteiger partial charge on any atom is 0.251 e. The molecule has 3 aromatic rings. The van der Waals surface area contributed by atoms with Crippen LogP contribution < -0.4 is 10.6 Å². The Morgan fingerprint density at radius 1 is 1.12 bits per heavy atom. The van der Waals surface area contributed by atoms with Gasteiger partial charge in [0.25, 0.3) is 5.91 Å². The molecule has 24 heavy (non-hydrogen) atoms. The molecule has 0 aliphatic carbocycles. The third-order valence-corrected chi connectivity index (χ3v) is 4.40. The van der Waals surface area contributed by atoms with Crippen molar-refractivity contribution in [1.29, 1.82) is 0 Å². The molecule has 0 saturated carbocycles. The highest BCUT2D eigenvalue weighted by molar-refractivity contribution is 7.18. The number of benzene rings is 2. The molecule has 0 aliphatic rings. The van der Waals surface area contributed by atoms with Crippen molar-refractivity contribution >= 4 is 39.1 Å². The second-order valence-corrected chi connectivity index (χ2v) is 6.75. The number of fused-ring (bicyclic) bond motifs is 1. The summed E-state index contributed by atoms with van der Waals surface area (Å²) in [5, 5.41) is 6.40. The van der Waals surface area contributed by atoms with E-state index >= 15 is 0 Å². The number of hydrogen-bond donors (Lipinski definition) is 2. The highest BCUT2D eigenvalue weighted by atomic mass is 32.1. The molecule has 2 amide bonds. The molecule has 2 N–H and O–H groups in total. The zero-order valence-corrected chi connectivity index (χ0v) is 14.2. The highest BCUT2D eigenvalue weighted by Gasteiger charge is 2.09. The van der Waals surface area contributed by atoms with E-state index in [2.05, 4.69) is 15.6 Å². The van der Waals surface area contributed by atoms with Crippen LogP contribution in [0, 0.1) is 13.8 Å². The number of amides is 2. The van der Waals surface area contributed by atoms with Gasteiger partial charge in [0.05, 0.1) is 21.8 Å². The summed E-state index contributed by atoms with van der Waals surface area (Å²) in [6.07, 6.45) is 0. The molecule has 0 spiro atoms. The van der Waals surface area contributed by atoms with Gasteiger partial charge in [0.2, 0.25) is 5.91 Å². The Morgan fingerprint density at radius 2 is 1.96 bits per heavy atom. The predicted molar refractivity (Wildman–Crippen MR) is 96.5 cm³/mol. The summed E-state index contributed by atoms with van der Waals surface area (Å²) >= 11 is 1.58.